The van der Waals surface area contributed by atoms with E-state index in [4.69, 9.17) is 5.73 Å². The highest BCUT2D eigenvalue weighted by Crippen LogP contribution is 2.22. The number of aliphatic imine (C=N–C) groups is 1. The normalized spacial score (nSPS) is 20.5. The Kier molecular flexibility index (Phi) is 5.28. The quantitative estimate of drug-likeness (QED) is 0.558. The Labute approximate surface area is 85.4 Å². The first kappa shape index (κ1) is 10.9. The summed E-state index contributed by atoms with van der Waals surface area (Å²) in [5.74, 6) is 4.28. The molecule has 0 saturated carbocycles. The lowest BCUT2D eigenvalue weighted by atomic mass is 10.0. The van der Waals surface area contributed by atoms with Gasteiger partial charge >= 0.3 is 0 Å². The highest BCUT2D eigenvalue weighted by molar-refractivity contribution is 7.99. The maximum absolute atomic E-state index is 5.75. The Bertz CT molecular complexity index is 162. The SMILES string of the molecule is CCCC(N)=NCC1CCSCC1. The van der Waals surface area contributed by atoms with Crippen molar-refractivity contribution in [1.29, 1.82) is 0 Å². The van der Waals surface area contributed by atoms with Gasteiger partial charge in [0.25, 0.3) is 0 Å². The van der Waals surface area contributed by atoms with E-state index in [9.17, 15) is 0 Å². The number of hydrogen-bond acceptors (Lipinski definition) is 2. The van der Waals surface area contributed by atoms with E-state index in [2.05, 4.69) is 23.7 Å². The Morgan fingerprint density at radius 2 is 2.15 bits per heavy atom. The standard InChI is InChI=1S/C10H20N2S/c1-2-3-10(11)12-8-9-4-6-13-7-5-9/h9H,2-8H2,1H3,(H2,11,12). The first-order chi connectivity index (χ1) is 6.33. The highest BCUT2D eigenvalue weighted by atomic mass is 32.2. The molecule has 3 heteroatoms. The molecule has 0 aromatic carbocycles. The molecule has 1 saturated heterocycles. The van der Waals surface area contributed by atoms with Crippen molar-refractivity contribution in [2.75, 3.05) is 18.1 Å². The van der Waals surface area contributed by atoms with Crippen LogP contribution >= 0.6 is 11.8 Å². The van der Waals surface area contributed by atoms with E-state index in [1.165, 1.54) is 24.3 Å². The fraction of sp³-hybridized carbons (Fsp3) is 0.900. The molecule has 0 spiro atoms. The van der Waals surface area contributed by atoms with Gasteiger partial charge in [-0.15, -0.1) is 0 Å². The zero-order valence-corrected chi connectivity index (χ0v) is 9.28. The van der Waals surface area contributed by atoms with Crippen molar-refractivity contribution in [3.05, 3.63) is 0 Å². The molecule has 0 atom stereocenters. The maximum atomic E-state index is 5.75. The van der Waals surface area contributed by atoms with Gasteiger partial charge in [0.2, 0.25) is 0 Å². The van der Waals surface area contributed by atoms with E-state index in [0.29, 0.717) is 0 Å². The van der Waals surface area contributed by atoms with Crippen LogP contribution in [0.3, 0.4) is 0 Å². The van der Waals surface area contributed by atoms with Gasteiger partial charge in [-0.05, 0) is 36.7 Å². The number of nitrogens with zero attached hydrogens (tertiary/aromatic N) is 1. The number of rotatable bonds is 4. The second kappa shape index (κ2) is 6.30. The lowest BCUT2D eigenvalue weighted by Crippen LogP contribution is -2.17. The molecule has 0 radical (unpaired) electrons. The van der Waals surface area contributed by atoms with Gasteiger partial charge in [0, 0.05) is 13.0 Å². The van der Waals surface area contributed by atoms with Gasteiger partial charge in [0.1, 0.15) is 0 Å². The van der Waals surface area contributed by atoms with Crippen LogP contribution in [0.4, 0.5) is 0 Å². The minimum absolute atomic E-state index is 0.802. The molecule has 1 rings (SSSR count). The first-order valence-corrected chi connectivity index (χ1v) is 6.35. The van der Waals surface area contributed by atoms with Crippen molar-refractivity contribution in [2.45, 2.75) is 32.6 Å². The van der Waals surface area contributed by atoms with Gasteiger partial charge in [0.05, 0.1) is 5.84 Å². The Balaban J connectivity index is 2.19. The van der Waals surface area contributed by atoms with Crippen molar-refractivity contribution in [1.82, 2.24) is 0 Å². The number of hydrogen-bond donors (Lipinski definition) is 1. The summed E-state index contributed by atoms with van der Waals surface area (Å²) in [6.45, 7) is 3.10. The molecule has 2 nitrogen and oxygen atoms in total. The van der Waals surface area contributed by atoms with E-state index in [1.54, 1.807) is 0 Å². The van der Waals surface area contributed by atoms with Crippen LogP contribution in [0.5, 0.6) is 0 Å². The van der Waals surface area contributed by atoms with E-state index in [0.717, 1.165) is 31.1 Å². The second-order valence-electron chi connectivity index (χ2n) is 3.64. The topological polar surface area (TPSA) is 38.4 Å². The summed E-state index contributed by atoms with van der Waals surface area (Å²) in [7, 11) is 0. The Morgan fingerprint density at radius 3 is 2.77 bits per heavy atom. The summed E-state index contributed by atoms with van der Waals surface area (Å²) in [4.78, 5) is 4.42. The molecule has 1 fully saturated rings. The fourth-order valence-corrected chi connectivity index (χ4v) is 2.71. The molecule has 2 N–H and O–H groups in total. The monoisotopic (exact) mass is 200 g/mol. The minimum atomic E-state index is 0.802. The molecule has 1 aliphatic heterocycles. The van der Waals surface area contributed by atoms with Crippen LogP contribution in [-0.4, -0.2) is 23.9 Å². The molecule has 76 valence electrons. The zero-order valence-electron chi connectivity index (χ0n) is 8.46. The summed E-state index contributed by atoms with van der Waals surface area (Å²) in [5, 5.41) is 0. The van der Waals surface area contributed by atoms with E-state index in [1.807, 2.05) is 0 Å². The largest absolute Gasteiger partial charge is 0.387 e. The molecular weight excluding hydrogens is 180 g/mol. The summed E-state index contributed by atoms with van der Waals surface area (Å²) in [5.41, 5.74) is 5.75. The van der Waals surface area contributed by atoms with Gasteiger partial charge < -0.3 is 5.73 Å². The van der Waals surface area contributed by atoms with Crippen LogP contribution in [0, 0.1) is 5.92 Å². The second-order valence-corrected chi connectivity index (χ2v) is 4.86. The van der Waals surface area contributed by atoms with Gasteiger partial charge in [-0.25, -0.2) is 0 Å². The van der Waals surface area contributed by atoms with Gasteiger partial charge in [-0.3, -0.25) is 4.99 Å². The van der Waals surface area contributed by atoms with Crippen LogP contribution in [0.2, 0.25) is 0 Å². The van der Waals surface area contributed by atoms with Crippen molar-refractivity contribution in [3.8, 4) is 0 Å². The number of nitrogens with two attached hydrogens (primary N) is 1. The van der Waals surface area contributed by atoms with E-state index >= 15 is 0 Å². The van der Waals surface area contributed by atoms with Crippen LogP contribution < -0.4 is 5.73 Å². The predicted octanol–water partition coefficient (Wildman–Crippen LogP) is 2.29. The lowest BCUT2D eigenvalue weighted by Gasteiger charge is -2.19. The van der Waals surface area contributed by atoms with Gasteiger partial charge in [0.15, 0.2) is 0 Å². The van der Waals surface area contributed by atoms with Crippen molar-refractivity contribution >= 4 is 17.6 Å². The highest BCUT2D eigenvalue weighted by Gasteiger charge is 2.12. The maximum Gasteiger partial charge on any atom is 0.0937 e. The lowest BCUT2D eigenvalue weighted by molar-refractivity contribution is 0.502. The number of amidine groups is 1. The molecule has 0 aromatic heterocycles. The average molecular weight is 200 g/mol. The molecule has 1 aliphatic rings. The third kappa shape index (κ3) is 4.55. The molecule has 0 aromatic rings. The summed E-state index contributed by atoms with van der Waals surface area (Å²) in [6.07, 6.45) is 4.72. The van der Waals surface area contributed by atoms with Crippen LogP contribution in [-0.2, 0) is 0 Å². The van der Waals surface area contributed by atoms with Crippen molar-refractivity contribution in [3.63, 3.8) is 0 Å². The summed E-state index contributed by atoms with van der Waals surface area (Å²) < 4.78 is 0. The van der Waals surface area contributed by atoms with Crippen molar-refractivity contribution in [2.24, 2.45) is 16.6 Å². The zero-order chi connectivity index (χ0) is 9.52. The van der Waals surface area contributed by atoms with Gasteiger partial charge in [-0.1, -0.05) is 6.92 Å². The van der Waals surface area contributed by atoms with E-state index < -0.39 is 0 Å². The average Bonchev–Trinajstić information content (AvgIpc) is 2.17. The molecule has 13 heavy (non-hydrogen) atoms. The third-order valence-electron chi connectivity index (χ3n) is 2.40. The molecule has 0 bridgehead atoms. The number of thioether (sulfide) groups is 1. The van der Waals surface area contributed by atoms with Crippen molar-refractivity contribution < 1.29 is 0 Å². The molecule has 0 amide bonds. The first-order valence-electron chi connectivity index (χ1n) is 5.19. The van der Waals surface area contributed by atoms with Crippen LogP contribution in [0.15, 0.2) is 4.99 Å². The smallest absolute Gasteiger partial charge is 0.0937 e. The fourth-order valence-electron chi connectivity index (χ4n) is 1.51. The van der Waals surface area contributed by atoms with Crippen LogP contribution in [0.1, 0.15) is 32.6 Å². The Hall–Kier alpha value is -0.180. The minimum Gasteiger partial charge on any atom is -0.387 e. The summed E-state index contributed by atoms with van der Waals surface area (Å²) >= 11 is 2.06. The summed E-state index contributed by atoms with van der Waals surface area (Å²) in [6, 6.07) is 0. The van der Waals surface area contributed by atoms with Gasteiger partial charge in [-0.2, -0.15) is 11.8 Å². The molecule has 1 heterocycles. The molecule has 0 unspecified atom stereocenters. The Morgan fingerprint density at radius 1 is 1.46 bits per heavy atom. The van der Waals surface area contributed by atoms with E-state index in [-0.39, 0.29) is 0 Å². The molecule has 0 aliphatic carbocycles. The predicted molar refractivity (Wildman–Crippen MR) is 61.4 cm³/mol. The van der Waals surface area contributed by atoms with Crippen LogP contribution in [0.25, 0.3) is 0 Å². The third-order valence-corrected chi connectivity index (χ3v) is 3.45. The molecular formula is C10H20N2S.